The van der Waals surface area contributed by atoms with Crippen LogP contribution in [-0.4, -0.2) is 23.4 Å². The van der Waals surface area contributed by atoms with E-state index in [-0.39, 0.29) is 11.9 Å². The maximum absolute atomic E-state index is 11.6. The van der Waals surface area contributed by atoms with Gasteiger partial charge in [-0.05, 0) is 30.4 Å². The molecular formula is C10H14N2OS. The molecule has 1 aromatic rings. The van der Waals surface area contributed by atoms with Gasteiger partial charge in [-0.1, -0.05) is 0 Å². The highest BCUT2D eigenvalue weighted by Crippen LogP contribution is 2.24. The average molecular weight is 210 g/mol. The number of nitrogens with two attached hydrogens (primary N) is 1. The lowest BCUT2D eigenvalue weighted by Gasteiger charge is -2.28. The largest absolute Gasteiger partial charge is 0.337 e. The molecule has 2 N–H and O–H groups in total. The summed E-state index contributed by atoms with van der Waals surface area (Å²) in [5, 5.41) is 2.09. The number of nitrogens with zero attached hydrogens (tertiary/aromatic N) is 1. The Bertz CT molecular complexity index is 346. The van der Waals surface area contributed by atoms with Crippen LogP contribution >= 0.6 is 11.3 Å². The van der Waals surface area contributed by atoms with Gasteiger partial charge in [0.15, 0.2) is 0 Å². The van der Waals surface area contributed by atoms with E-state index in [9.17, 15) is 4.79 Å². The maximum atomic E-state index is 11.6. The van der Waals surface area contributed by atoms with E-state index in [2.05, 4.69) is 11.4 Å². The molecule has 1 aliphatic rings. The Kier molecular flexibility index (Phi) is 2.56. The summed E-state index contributed by atoms with van der Waals surface area (Å²) in [4.78, 5) is 14.9. The van der Waals surface area contributed by atoms with Crippen molar-refractivity contribution >= 4 is 17.2 Å². The van der Waals surface area contributed by atoms with Gasteiger partial charge < -0.3 is 10.6 Å². The van der Waals surface area contributed by atoms with Gasteiger partial charge in [-0.3, -0.25) is 4.79 Å². The van der Waals surface area contributed by atoms with Crippen LogP contribution in [0.1, 0.15) is 17.4 Å². The second kappa shape index (κ2) is 3.71. The van der Waals surface area contributed by atoms with Crippen molar-refractivity contribution in [3.8, 4) is 0 Å². The van der Waals surface area contributed by atoms with Crippen molar-refractivity contribution < 1.29 is 4.79 Å². The van der Waals surface area contributed by atoms with Gasteiger partial charge in [0.05, 0.1) is 6.04 Å². The van der Waals surface area contributed by atoms with Gasteiger partial charge in [0.1, 0.15) is 0 Å². The minimum atomic E-state index is -0.379. The van der Waals surface area contributed by atoms with E-state index in [0.717, 1.165) is 19.5 Å². The van der Waals surface area contributed by atoms with Gasteiger partial charge in [-0.2, -0.15) is 0 Å². The summed E-state index contributed by atoms with van der Waals surface area (Å²) in [6.07, 6.45) is 0.978. The molecule has 0 aliphatic carbocycles. The van der Waals surface area contributed by atoms with Crippen LogP contribution in [0.2, 0.25) is 0 Å². The molecule has 0 aromatic carbocycles. The molecule has 1 aliphatic heterocycles. The predicted octanol–water partition coefficient (Wildman–Crippen LogP) is 0.980. The summed E-state index contributed by atoms with van der Waals surface area (Å²) in [7, 11) is 0. The Labute approximate surface area is 87.5 Å². The van der Waals surface area contributed by atoms with E-state index in [0.29, 0.717) is 0 Å². The van der Waals surface area contributed by atoms with Crippen LogP contribution in [0.3, 0.4) is 0 Å². The first-order chi connectivity index (χ1) is 6.68. The van der Waals surface area contributed by atoms with Gasteiger partial charge in [-0.15, -0.1) is 11.3 Å². The molecule has 1 aromatic heterocycles. The van der Waals surface area contributed by atoms with Gasteiger partial charge in [0, 0.05) is 18.0 Å². The molecule has 0 radical (unpaired) electrons. The summed E-state index contributed by atoms with van der Waals surface area (Å²) in [6, 6.07) is 1.72. The third kappa shape index (κ3) is 1.67. The monoisotopic (exact) mass is 210 g/mol. The highest BCUT2D eigenvalue weighted by molar-refractivity contribution is 7.10. The molecule has 0 saturated heterocycles. The van der Waals surface area contributed by atoms with Gasteiger partial charge in [-0.25, -0.2) is 0 Å². The zero-order valence-corrected chi connectivity index (χ0v) is 9.01. The third-order valence-corrected chi connectivity index (χ3v) is 3.53. The SMILES string of the molecule is CC(N)C(=O)N1CCc2sccc2C1. The van der Waals surface area contributed by atoms with Crippen LogP contribution in [0.4, 0.5) is 0 Å². The third-order valence-electron chi connectivity index (χ3n) is 2.51. The summed E-state index contributed by atoms with van der Waals surface area (Å²) in [5.41, 5.74) is 6.86. The van der Waals surface area contributed by atoms with Crippen LogP contribution in [0.15, 0.2) is 11.4 Å². The molecule has 1 amide bonds. The number of amides is 1. The minimum Gasteiger partial charge on any atom is -0.337 e. The van der Waals surface area contributed by atoms with E-state index >= 15 is 0 Å². The van der Waals surface area contributed by atoms with E-state index in [1.807, 2.05) is 4.90 Å². The average Bonchev–Trinajstić information content (AvgIpc) is 2.62. The Morgan fingerprint density at radius 2 is 2.50 bits per heavy atom. The molecule has 2 rings (SSSR count). The van der Waals surface area contributed by atoms with Crippen molar-refractivity contribution in [2.75, 3.05) is 6.54 Å². The van der Waals surface area contributed by atoms with E-state index in [1.165, 1.54) is 10.4 Å². The number of carbonyl (C=O) groups excluding carboxylic acids is 1. The first-order valence-corrected chi connectivity index (χ1v) is 5.66. The normalized spacial score (nSPS) is 17.7. The highest BCUT2D eigenvalue weighted by atomic mass is 32.1. The topological polar surface area (TPSA) is 46.3 Å². The van der Waals surface area contributed by atoms with Gasteiger partial charge >= 0.3 is 0 Å². The quantitative estimate of drug-likeness (QED) is 0.751. The van der Waals surface area contributed by atoms with Crippen LogP contribution in [0.5, 0.6) is 0 Å². The van der Waals surface area contributed by atoms with Crippen molar-refractivity contribution in [2.45, 2.75) is 25.9 Å². The summed E-state index contributed by atoms with van der Waals surface area (Å²) >= 11 is 1.78. The molecule has 0 spiro atoms. The summed E-state index contributed by atoms with van der Waals surface area (Å²) in [5.74, 6) is 0.0573. The number of hydrogen-bond donors (Lipinski definition) is 1. The van der Waals surface area contributed by atoms with Crippen LogP contribution in [0, 0.1) is 0 Å². The number of carbonyl (C=O) groups is 1. The lowest BCUT2D eigenvalue weighted by atomic mass is 10.1. The van der Waals surface area contributed by atoms with Crippen LogP contribution in [0.25, 0.3) is 0 Å². The second-order valence-electron chi connectivity index (χ2n) is 3.67. The zero-order valence-electron chi connectivity index (χ0n) is 8.19. The molecule has 0 fully saturated rings. The van der Waals surface area contributed by atoms with E-state index < -0.39 is 0 Å². The highest BCUT2D eigenvalue weighted by Gasteiger charge is 2.22. The first kappa shape index (κ1) is 9.68. The molecule has 14 heavy (non-hydrogen) atoms. The number of rotatable bonds is 1. The molecule has 3 nitrogen and oxygen atoms in total. The molecule has 1 unspecified atom stereocenters. The smallest absolute Gasteiger partial charge is 0.239 e. The standard InChI is InChI=1S/C10H14N2OS/c1-7(11)10(13)12-4-2-9-8(6-12)3-5-14-9/h3,5,7H,2,4,6,11H2,1H3. The van der Waals surface area contributed by atoms with Crippen LogP contribution < -0.4 is 5.73 Å². The fourth-order valence-corrected chi connectivity index (χ4v) is 2.61. The molecule has 1 atom stereocenters. The fraction of sp³-hybridized carbons (Fsp3) is 0.500. The van der Waals surface area contributed by atoms with Crippen LogP contribution in [-0.2, 0) is 17.8 Å². The van der Waals surface area contributed by atoms with E-state index in [1.54, 1.807) is 18.3 Å². The Hall–Kier alpha value is -0.870. The second-order valence-corrected chi connectivity index (χ2v) is 4.67. The fourth-order valence-electron chi connectivity index (χ4n) is 1.72. The zero-order chi connectivity index (χ0) is 10.1. The van der Waals surface area contributed by atoms with E-state index in [4.69, 9.17) is 5.73 Å². The molecule has 76 valence electrons. The van der Waals surface area contributed by atoms with Crippen molar-refractivity contribution in [3.63, 3.8) is 0 Å². The maximum Gasteiger partial charge on any atom is 0.239 e. The predicted molar refractivity (Wildman–Crippen MR) is 57.1 cm³/mol. The Morgan fingerprint density at radius 3 is 3.21 bits per heavy atom. The number of hydrogen-bond acceptors (Lipinski definition) is 3. The minimum absolute atomic E-state index is 0.0573. The summed E-state index contributed by atoms with van der Waals surface area (Å²) in [6.45, 7) is 3.29. The number of fused-ring (bicyclic) bond motifs is 1. The first-order valence-electron chi connectivity index (χ1n) is 4.78. The van der Waals surface area contributed by atoms with Gasteiger partial charge in [0.2, 0.25) is 5.91 Å². The lowest BCUT2D eigenvalue weighted by Crippen LogP contribution is -2.44. The molecule has 0 saturated carbocycles. The summed E-state index contributed by atoms with van der Waals surface area (Å²) < 4.78 is 0. The molecule has 2 heterocycles. The van der Waals surface area contributed by atoms with Crippen molar-refractivity contribution in [2.24, 2.45) is 5.73 Å². The number of thiophene rings is 1. The Balaban J connectivity index is 2.11. The Morgan fingerprint density at radius 1 is 1.71 bits per heavy atom. The molecule has 0 bridgehead atoms. The van der Waals surface area contributed by atoms with Crippen molar-refractivity contribution in [3.05, 3.63) is 21.9 Å². The molecule has 4 heteroatoms. The van der Waals surface area contributed by atoms with Crippen molar-refractivity contribution in [1.82, 2.24) is 4.90 Å². The van der Waals surface area contributed by atoms with Gasteiger partial charge in [0.25, 0.3) is 0 Å². The molecular weight excluding hydrogens is 196 g/mol. The lowest BCUT2D eigenvalue weighted by molar-refractivity contribution is -0.133. The van der Waals surface area contributed by atoms with Crippen molar-refractivity contribution in [1.29, 1.82) is 0 Å².